The largest absolute Gasteiger partial charge is 0.287 e. The Labute approximate surface area is 151 Å². The van der Waals surface area contributed by atoms with Crippen molar-refractivity contribution in [3.05, 3.63) is 102 Å². The highest BCUT2D eigenvalue weighted by Crippen LogP contribution is 2.28. The minimum absolute atomic E-state index is 0.115. The van der Waals surface area contributed by atoms with Crippen molar-refractivity contribution in [3.8, 4) is 17.2 Å². The zero-order valence-electron chi connectivity index (χ0n) is 13.9. The standard InChI is InChI=1S/C23H14N2O/c24-15-16-11-12-21-19(13-16)14-20(17-7-3-1-4-8-17)22(25-21)23(26)18-9-5-2-6-10-18/h1-14H. The van der Waals surface area contributed by atoms with Crippen LogP contribution in [0.3, 0.4) is 0 Å². The highest BCUT2D eigenvalue weighted by molar-refractivity contribution is 6.12. The van der Waals surface area contributed by atoms with Crippen LogP contribution in [0.1, 0.15) is 21.6 Å². The molecule has 3 aromatic carbocycles. The molecule has 0 unspecified atom stereocenters. The predicted molar refractivity (Wildman–Crippen MR) is 102 cm³/mol. The van der Waals surface area contributed by atoms with Gasteiger partial charge in [-0.05, 0) is 29.8 Å². The average molecular weight is 334 g/mol. The molecule has 0 bridgehead atoms. The molecular formula is C23H14N2O. The molecule has 4 rings (SSSR count). The summed E-state index contributed by atoms with van der Waals surface area (Å²) in [4.78, 5) is 17.7. The Bertz CT molecular complexity index is 1140. The topological polar surface area (TPSA) is 53.8 Å². The number of nitriles is 1. The summed E-state index contributed by atoms with van der Waals surface area (Å²) in [5, 5.41) is 9.99. The van der Waals surface area contributed by atoms with E-state index in [0.717, 1.165) is 16.5 Å². The third-order valence-corrected chi connectivity index (χ3v) is 4.28. The number of ketones is 1. The number of carbonyl (C=O) groups excluding carboxylic acids is 1. The number of benzene rings is 3. The molecule has 0 aliphatic heterocycles. The lowest BCUT2D eigenvalue weighted by Crippen LogP contribution is -2.07. The van der Waals surface area contributed by atoms with Gasteiger partial charge in [-0.15, -0.1) is 0 Å². The maximum absolute atomic E-state index is 13.1. The molecule has 3 heteroatoms. The van der Waals surface area contributed by atoms with Crippen LogP contribution in [0.4, 0.5) is 0 Å². The number of nitrogens with zero attached hydrogens (tertiary/aromatic N) is 2. The van der Waals surface area contributed by atoms with Gasteiger partial charge in [-0.3, -0.25) is 4.79 Å². The first-order valence-electron chi connectivity index (χ1n) is 8.26. The SMILES string of the molecule is N#Cc1ccc2nc(C(=O)c3ccccc3)c(-c3ccccc3)cc2c1. The monoisotopic (exact) mass is 334 g/mol. The summed E-state index contributed by atoms with van der Waals surface area (Å²) in [6, 6.07) is 28.2. The van der Waals surface area contributed by atoms with Gasteiger partial charge < -0.3 is 0 Å². The number of pyridine rings is 1. The Morgan fingerprint density at radius 2 is 1.54 bits per heavy atom. The van der Waals surface area contributed by atoms with Gasteiger partial charge in [-0.1, -0.05) is 60.7 Å². The van der Waals surface area contributed by atoms with Crippen LogP contribution in [0.5, 0.6) is 0 Å². The van der Waals surface area contributed by atoms with E-state index < -0.39 is 0 Å². The summed E-state index contributed by atoms with van der Waals surface area (Å²) in [7, 11) is 0. The summed E-state index contributed by atoms with van der Waals surface area (Å²) < 4.78 is 0. The van der Waals surface area contributed by atoms with Crippen LogP contribution >= 0.6 is 0 Å². The second kappa shape index (κ2) is 6.62. The van der Waals surface area contributed by atoms with Crippen LogP contribution < -0.4 is 0 Å². The van der Waals surface area contributed by atoms with Gasteiger partial charge in [-0.2, -0.15) is 5.26 Å². The molecule has 122 valence electrons. The van der Waals surface area contributed by atoms with Crippen LogP contribution in [-0.2, 0) is 0 Å². The van der Waals surface area contributed by atoms with E-state index >= 15 is 0 Å². The molecule has 3 nitrogen and oxygen atoms in total. The van der Waals surface area contributed by atoms with Crippen LogP contribution in [0, 0.1) is 11.3 Å². The number of rotatable bonds is 3. The van der Waals surface area contributed by atoms with E-state index in [2.05, 4.69) is 11.1 Å². The van der Waals surface area contributed by atoms with Crippen molar-refractivity contribution in [2.75, 3.05) is 0 Å². The first-order valence-corrected chi connectivity index (χ1v) is 8.26. The van der Waals surface area contributed by atoms with Crippen molar-refractivity contribution in [3.63, 3.8) is 0 Å². The summed E-state index contributed by atoms with van der Waals surface area (Å²) in [6.07, 6.45) is 0. The van der Waals surface area contributed by atoms with Crippen LogP contribution in [0.15, 0.2) is 84.9 Å². The van der Waals surface area contributed by atoms with Crippen LogP contribution in [0.2, 0.25) is 0 Å². The molecule has 26 heavy (non-hydrogen) atoms. The minimum Gasteiger partial charge on any atom is -0.287 e. The van der Waals surface area contributed by atoms with Crippen LogP contribution in [-0.4, -0.2) is 10.8 Å². The Kier molecular flexibility index (Phi) is 4.01. The highest BCUT2D eigenvalue weighted by Gasteiger charge is 2.18. The van der Waals surface area contributed by atoms with Gasteiger partial charge in [-0.25, -0.2) is 4.98 Å². The highest BCUT2D eigenvalue weighted by atomic mass is 16.1. The number of hydrogen-bond donors (Lipinski definition) is 0. The van der Waals surface area contributed by atoms with Gasteiger partial charge in [0.1, 0.15) is 5.69 Å². The second-order valence-electron chi connectivity index (χ2n) is 5.96. The van der Waals surface area contributed by atoms with Gasteiger partial charge >= 0.3 is 0 Å². The van der Waals surface area contributed by atoms with E-state index in [0.29, 0.717) is 22.3 Å². The Hall–Kier alpha value is -3.77. The first-order chi connectivity index (χ1) is 12.8. The zero-order valence-corrected chi connectivity index (χ0v) is 13.9. The molecule has 0 N–H and O–H groups in total. The number of carbonyl (C=O) groups is 1. The molecule has 0 saturated heterocycles. The summed E-state index contributed by atoms with van der Waals surface area (Å²) in [5.41, 5.74) is 3.97. The van der Waals surface area contributed by atoms with Gasteiger partial charge in [0.2, 0.25) is 5.78 Å². The fraction of sp³-hybridized carbons (Fsp3) is 0. The Morgan fingerprint density at radius 1 is 0.846 bits per heavy atom. The molecule has 0 radical (unpaired) electrons. The second-order valence-corrected chi connectivity index (χ2v) is 5.96. The predicted octanol–water partition coefficient (Wildman–Crippen LogP) is 5.00. The molecule has 0 aliphatic carbocycles. The average Bonchev–Trinajstić information content (AvgIpc) is 2.73. The zero-order chi connectivity index (χ0) is 17.9. The first kappa shape index (κ1) is 15.7. The molecule has 4 aromatic rings. The quantitative estimate of drug-likeness (QED) is 0.495. The van der Waals surface area contributed by atoms with Gasteiger partial charge in [0.15, 0.2) is 0 Å². The Morgan fingerprint density at radius 3 is 2.23 bits per heavy atom. The summed E-state index contributed by atoms with van der Waals surface area (Å²) in [5.74, 6) is -0.115. The van der Waals surface area contributed by atoms with Crippen molar-refractivity contribution in [2.45, 2.75) is 0 Å². The molecule has 0 amide bonds. The molecule has 0 saturated carbocycles. The molecular weight excluding hydrogens is 320 g/mol. The lowest BCUT2D eigenvalue weighted by molar-refractivity contribution is 0.103. The fourth-order valence-electron chi connectivity index (χ4n) is 2.98. The normalized spacial score (nSPS) is 10.4. The molecule has 0 aliphatic rings. The lowest BCUT2D eigenvalue weighted by Gasteiger charge is -2.11. The van der Waals surface area contributed by atoms with E-state index in [1.807, 2.05) is 54.6 Å². The fourth-order valence-corrected chi connectivity index (χ4v) is 2.98. The van der Waals surface area contributed by atoms with E-state index in [1.165, 1.54) is 0 Å². The number of aromatic nitrogens is 1. The Balaban J connectivity index is 1.98. The van der Waals surface area contributed by atoms with Crippen molar-refractivity contribution in [2.24, 2.45) is 0 Å². The maximum Gasteiger partial charge on any atom is 0.212 e. The van der Waals surface area contributed by atoms with Crippen molar-refractivity contribution in [1.82, 2.24) is 4.98 Å². The lowest BCUT2D eigenvalue weighted by atomic mass is 9.96. The summed E-state index contributed by atoms with van der Waals surface area (Å²) >= 11 is 0. The molecule has 1 aromatic heterocycles. The van der Waals surface area contributed by atoms with Gasteiger partial charge in [0, 0.05) is 16.5 Å². The van der Waals surface area contributed by atoms with Crippen molar-refractivity contribution in [1.29, 1.82) is 5.26 Å². The molecule has 0 spiro atoms. The van der Waals surface area contributed by atoms with Crippen LogP contribution in [0.25, 0.3) is 22.0 Å². The number of hydrogen-bond acceptors (Lipinski definition) is 3. The molecule has 0 atom stereocenters. The van der Waals surface area contributed by atoms with E-state index in [9.17, 15) is 4.79 Å². The number of fused-ring (bicyclic) bond motifs is 1. The van der Waals surface area contributed by atoms with E-state index in [1.54, 1.807) is 30.3 Å². The van der Waals surface area contributed by atoms with Crippen molar-refractivity contribution >= 4 is 16.7 Å². The van der Waals surface area contributed by atoms with E-state index in [-0.39, 0.29) is 5.78 Å². The third kappa shape index (κ3) is 2.85. The summed E-state index contributed by atoms with van der Waals surface area (Å²) in [6.45, 7) is 0. The molecule has 0 fully saturated rings. The third-order valence-electron chi connectivity index (χ3n) is 4.28. The van der Waals surface area contributed by atoms with E-state index in [4.69, 9.17) is 5.26 Å². The smallest absolute Gasteiger partial charge is 0.212 e. The van der Waals surface area contributed by atoms with Gasteiger partial charge in [0.25, 0.3) is 0 Å². The minimum atomic E-state index is -0.115. The molecule has 1 heterocycles. The van der Waals surface area contributed by atoms with Gasteiger partial charge in [0.05, 0.1) is 17.1 Å². The van der Waals surface area contributed by atoms with Crippen molar-refractivity contribution < 1.29 is 4.79 Å². The maximum atomic E-state index is 13.1.